The molecule has 4 nitrogen and oxygen atoms in total. The van der Waals surface area contributed by atoms with Gasteiger partial charge in [-0.2, -0.15) is 4.31 Å². The first-order valence-corrected chi connectivity index (χ1v) is 9.09. The predicted octanol–water partition coefficient (Wildman–Crippen LogP) is 2.75. The minimum atomic E-state index is -3.87. The molecule has 0 aliphatic carbocycles. The average molecular weight is 380 g/mol. The number of sulfonamides is 1. The first kappa shape index (κ1) is 16.9. The Morgan fingerprint density at radius 2 is 2.14 bits per heavy atom. The van der Waals surface area contributed by atoms with Crippen molar-refractivity contribution in [3.05, 3.63) is 28.0 Å². The molecule has 2 rings (SSSR count). The normalized spacial score (nSPS) is 20.4. The van der Waals surface area contributed by atoms with Crippen molar-refractivity contribution in [2.24, 2.45) is 11.8 Å². The molecule has 0 saturated carbocycles. The Kier molecular flexibility index (Phi) is 5.07. The van der Waals surface area contributed by atoms with Crippen LogP contribution in [0.1, 0.15) is 25.8 Å². The van der Waals surface area contributed by atoms with Gasteiger partial charge in [0.2, 0.25) is 10.0 Å². The van der Waals surface area contributed by atoms with E-state index in [1.807, 2.05) is 0 Å². The summed E-state index contributed by atoms with van der Waals surface area (Å²) in [5.41, 5.74) is -0.0254. The number of nitrogens with zero attached hydrogens (tertiary/aromatic N) is 1. The van der Waals surface area contributed by atoms with Crippen molar-refractivity contribution in [2.75, 3.05) is 13.1 Å². The molecule has 1 aromatic rings. The van der Waals surface area contributed by atoms with Gasteiger partial charge in [-0.15, -0.1) is 0 Å². The molecule has 1 fully saturated rings. The van der Waals surface area contributed by atoms with Gasteiger partial charge in [-0.05, 0) is 30.4 Å². The molecule has 118 valence electrons. The lowest BCUT2D eigenvalue weighted by atomic mass is 9.96. The molecule has 1 atom stereocenters. The summed E-state index contributed by atoms with van der Waals surface area (Å²) < 4.78 is 41.3. The van der Waals surface area contributed by atoms with Gasteiger partial charge < -0.3 is 5.11 Å². The van der Waals surface area contributed by atoms with Crippen LogP contribution in [0.5, 0.6) is 0 Å². The summed E-state index contributed by atoms with van der Waals surface area (Å²) in [5.74, 6) is -0.174. The highest BCUT2D eigenvalue weighted by molar-refractivity contribution is 9.10. The second-order valence-electron chi connectivity index (χ2n) is 5.69. The number of aliphatic hydroxyl groups is 1. The van der Waals surface area contributed by atoms with Crippen molar-refractivity contribution in [1.82, 2.24) is 4.31 Å². The molecule has 21 heavy (non-hydrogen) atoms. The molecule has 1 aromatic carbocycles. The number of hydrogen-bond donors (Lipinski definition) is 1. The molecule has 1 aliphatic heterocycles. The van der Waals surface area contributed by atoms with Crippen molar-refractivity contribution in [3.8, 4) is 0 Å². The number of aliphatic hydroxyl groups excluding tert-OH is 1. The highest BCUT2D eigenvalue weighted by Gasteiger charge is 2.35. The minimum absolute atomic E-state index is 0.0254. The zero-order chi connectivity index (χ0) is 15.8. The van der Waals surface area contributed by atoms with Crippen molar-refractivity contribution in [3.63, 3.8) is 0 Å². The maximum absolute atomic E-state index is 14.3. The lowest BCUT2D eigenvalue weighted by molar-refractivity contribution is 0.274. The van der Waals surface area contributed by atoms with Gasteiger partial charge in [0.15, 0.2) is 0 Å². The highest BCUT2D eigenvalue weighted by Crippen LogP contribution is 2.31. The summed E-state index contributed by atoms with van der Waals surface area (Å²) in [6.07, 6.45) is 0.791. The van der Waals surface area contributed by atoms with E-state index in [-0.39, 0.29) is 10.5 Å². The summed E-state index contributed by atoms with van der Waals surface area (Å²) >= 11 is 3.16. The van der Waals surface area contributed by atoms with Gasteiger partial charge in [-0.1, -0.05) is 29.8 Å². The molecule has 0 bridgehead atoms. The third-order valence-corrected chi connectivity index (χ3v) is 6.32. The fourth-order valence-electron chi connectivity index (χ4n) is 2.58. The van der Waals surface area contributed by atoms with E-state index in [0.717, 1.165) is 6.42 Å². The zero-order valence-electron chi connectivity index (χ0n) is 12.0. The molecule has 1 N–H and O–H groups in total. The van der Waals surface area contributed by atoms with E-state index in [1.165, 1.54) is 16.4 Å². The first-order chi connectivity index (χ1) is 9.77. The quantitative estimate of drug-likeness (QED) is 0.874. The van der Waals surface area contributed by atoms with Crippen LogP contribution in [0.15, 0.2) is 21.5 Å². The molecule has 7 heteroatoms. The Morgan fingerprint density at radius 1 is 1.48 bits per heavy atom. The van der Waals surface area contributed by atoms with E-state index in [1.54, 1.807) is 0 Å². The minimum Gasteiger partial charge on any atom is -0.392 e. The molecular formula is C14H19BrFNO3S. The summed E-state index contributed by atoms with van der Waals surface area (Å²) in [7, 11) is -3.87. The largest absolute Gasteiger partial charge is 0.392 e. The van der Waals surface area contributed by atoms with Crippen molar-refractivity contribution in [1.29, 1.82) is 0 Å². The van der Waals surface area contributed by atoms with Crippen LogP contribution in [-0.4, -0.2) is 30.9 Å². The molecule has 0 radical (unpaired) electrons. The van der Waals surface area contributed by atoms with Crippen LogP contribution in [-0.2, 0) is 16.6 Å². The van der Waals surface area contributed by atoms with Gasteiger partial charge in [0.05, 0.1) is 6.61 Å². The lowest BCUT2D eigenvalue weighted by Gasteiger charge is -2.19. The Bertz CT molecular complexity index is 633. The molecule has 0 spiro atoms. The van der Waals surface area contributed by atoms with Crippen molar-refractivity contribution < 1.29 is 17.9 Å². The number of hydrogen-bond acceptors (Lipinski definition) is 3. The third-order valence-electron chi connectivity index (χ3n) is 4.00. The average Bonchev–Trinajstić information content (AvgIpc) is 2.91. The molecule has 0 amide bonds. The topological polar surface area (TPSA) is 57.6 Å². The SMILES string of the molecule is CC(C)C1CCN(S(=O)(=O)c2cc(Br)cc(CO)c2F)C1. The maximum atomic E-state index is 14.3. The Balaban J connectivity index is 2.39. The van der Waals surface area contributed by atoms with Crippen LogP contribution in [0.2, 0.25) is 0 Å². The van der Waals surface area contributed by atoms with Crippen LogP contribution >= 0.6 is 15.9 Å². The summed E-state index contributed by atoms with van der Waals surface area (Å²) in [6.45, 7) is 4.41. The van der Waals surface area contributed by atoms with E-state index in [0.29, 0.717) is 29.4 Å². The zero-order valence-corrected chi connectivity index (χ0v) is 14.4. The number of halogens is 2. The van der Waals surface area contributed by atoms with Gasteiger partial charge in [0, 0.05) is 23.1 Å². The fraction of sp³-hybridized carbons (Fsp3) is 0.571. The molecular weight excluding hydrogens is 361 g/mol. The first-order valence-electron chi connectivity index (χ1n) is 6.86. The van der Waals surface area contributed by atoms with Gasteiger partial charge in [0.1, 0.15) is 10.7 Å². The monoisotopic (exact) mass is 379 g/mol. The van der Waals surface area contributed by atoms with Gasteiger partial charge in [0.25, 0.3) is 0 Å². The second-order valence-corrected chi connectivity index (χ2v) is 8.51. The Morgan fingerprint density at radius 3 is 2.67 bits per heavy atom. The smallest absolute Gasteiger partial charge is 0.246 e. The van der Waals surface area contributed by atoms with Crippen LogP contribution in [0.4, 0.5) is 4.39 Å². The van der Waals surface area contributed by atoms with Gasteiger partial charge in [-0.25, -0.2) is 12.8 Å². The van der Waals surface area contributed by atoms with Crippen LogP contribution in [0.3, 0.4) is 0 Å². The fourth-order valence-corrected chi connectivity index (χ4v) is 4.88. The Hall–Kier alpha value is -0.500. The van der Waals surface area contributed by atoms with Crippen LogP contribution < -0.4 is 0 Å². The van der Waals surface area contributed by atoms with E-state index in [9.17, 15) is 12.8 Å². The van der Waals surface area contributed by atoms with E-state index < -0.39 is 22.4 Å². The lowest BCUT2D eigenvalue weighted by Crippen LogP contribution is -2.30. The number of rotatable bonds is 4. The van der Waals surface area contributed by atoms with Gasteiger partial charge >= 0.3 is 0 Å². The second kappa shape index (κ2) is 6.32. The van der Waals surface area contributed by atoms with E-state index in [4.69, 9.17) is 5.11 Å². The van der Waals surface area contributed by atoms with Crippen molar-refractivity contribution >= 4 is 26.0 Å². The van der Waals surface area contributed by atoms with Crippen LogP contribution in [0, 0.1) is 17.7 Å². The molecule has 1 saturated heterocycles. The Labute approximate surface area is 133 Å². The molecule has 0 aromatic heterocycles. The standard InChI is InChI=1S/C14H19BrFNO3S/c1-9(2)10-3-4-17(7-10)21(19,20)13-6-12(15)5-11(8-18)14(13)16/h5-6,9-10,18H,3-4,7-8H2,1-2H3. The molecule has 1 unspecified atom stereocenters. The van der Waals surface area contributed by atoms with E-state index >= 15 is 0 Å². The summed E-state index contributed by atoms with van der Waals surface area (Å²) in [4.78, 5) is -0.370. The highest BCUT2D eigenvalue weighted by atomic mass is 79.9. The maximum Gasteiger partial charge on any atom is 0.246 e. The van der Waals surface area contributed by atoms with Gasteiger partial charge in [-0.3, -0.25) is 0 Å². The summed E-state index contributed by atoms with van der Waals surface area (Å²) in [5, 5.41) is 9.14. The molecule has 1 heterocycles. The summed E-state index contributed by atoms with van der Waals surface area (Å²) in [6, 6.07) is 2.64. The predicted molar refractivity (Wildman–Crippen MR) is 81.7 cm³/mol. The number of benzene rings is 1. The molecule has 1 aliphatic rings. The third kappa shape index (κ3) is 3.31. The van der Waals surface area contributed by atoms with Crippen molar-refractivity contribution in [2.45, 2.75) is 31.8 Å². The van der Waals surface area contributed by atoms with Crippen LogP contribution in [0.25, 0.3) is 0 Å². The van der Waals surface area contributed by atoms with E-state index in [2.05, 4.69) is 29.8 Å².